The topological polar surface area (TPSA) is 119 Å². The molecule has 2 amide bonds. The van der Waals surface area contributed by atoms with Crippen molar-refractivity contribution in [2.45, 2.75) is 24.7 Å². The third-order valence-corrected chi connectivity index (χ3v) is 5.92. The van der Waals surface area contributed by atoms with Crippen LogP contribution in [0, 0.1) is 0 Å². The number of hydrogen-bond donors (Lipinski definition) is 1. The smallest absolute Gasteiger partial charge is 0.340 e. The minimum atomic E-state index is -3.99. The number of carbonyl (C=O) groups is 3. The van der Waals surface area contributed by atoms with Crippen molar-refractivity contribution in [3.63, 3.8) is 0 Å². The zero-order valence-electron chi connectivity index (χ0n) is 16.9. The van der Waals surface area contributed by atoms with Gasteiger partial charge in [0.2, 0.25) is 5.91 Å². The average molecular weight is 446 g/mol. The molecule has 1 fully saturated rings. The Balaban J connectivity index is 1.71. The maximum Gasteiger partial charge on any atom is 0.340 e. The third-order valence-electron chi connectivity index (χ3n) is 4.54. The van der Waals surface area contributed by atoms with E-state index in [4.69, 9.17) is 9.47 Å². The summed E-state index contributed by atoms with van der Waals surface area (Å²) < 4.78 is 38.1. The summed E-state index contributed by atoms with van der Waals surface area (Å²) in [6.07, 6.45) is 0.866. The van der Waals surface area contributed by atoms with Gasteiger partial charge < -0.3 is 9.47 Å². The molecule has 0 atom stereocenters. The van der Waals surface area contributed by atoms with Crippen molar-refractivity contribution in [1.82, 2.24) is 4.90 Å². The molecule has 9 nitrogen and oxygen atoms in total. The van der Waals surface area contributed by atoms with E-state index in [0.717, 1.165) is 4.90 Å². The predicted molar refractivity (Wildman–Crippen MR) is 111 cm³/mol. The Hall–Kier alpha value is -3.40. The van der Waals surface area contributed by atoms with Gasteiger partial charge in [0, 0.05) is 13.0 Å². The lowest BCUT2D eigenvalue weighted by atomic mass is 10.2. The van der Waals surface area contributed by atoms with E-state index < -0.39 is 28.5 Å². The molecule has 0 spiro atoms. The normalized spacial score (nSPS) is 13.7. The second-order valence-corrected chi connectivity index (χ2v) is 8.36. The number of likely N-dealkylation sites (tertiary alicyclic amines) is 1. The summed E-state index contributed by atoms with van der Waals surface area (Å²) in [4.78, 5) is 37.2. The van der Waals surface area contributed by atoms with Crippen LogP contribution >= 0.6 is 0 Å². The van der Waals surface area contributed by atoms with Crippen LogP contribution in [0.5, 0.6) is 5.75 Å². The quantitative estimate of drug-likeness (QED) is 0.617. The van der Waals surface area contributed by atoms with E-state index in [-0.39, 0.29) is 28.5 Å². The minimum absolute atomic E-state index is 0.00563. The highest BCUT2D eigenvalue weighted by Gasteiger charge is 2.27. The Labute approximate surface area is 180 Å². The number of rotatable bonds is 8. The summed E-state index contributed by atoms with van der Waals surface area (Å²) >= 11 is 0. The first-order chi connectivity index (χ1) is 14.8. The van der Waals surface area contributed by atoms with Gasteiger partial charge in [0.15, 0.2) is 6.61 Å². The molecule has 31 heavy (non-hydrogen) atoms. The molecule has 0 saturated carbocycles. The number of amides is 2. The fourth-order valence-electron chi connectivity index (χ4n) is 3.03. The fourth-order valence-corrected chi connectivity index (χ4v) is 4.11. The highest BCUT2D eigenvalue weighted by Crippen LogP contribution is 2.23. The standard InChI is InChI=1S/C21H22N2O7S/c1-2-29-15-9-11-16(12-10-15)31(27,28)22-18-7-4-3-6-17(18)21(26)30-14-20(25)23-13-5-8-19(23)24/h3-4,6-7,9-12,22H,2,5,8,13-14H2,1H3. The van der Waals surface area contributed by atoms with Crippen molar-refractivity contribution in [2.24, 2.45) is 0 Å². The van der Waals surface area contributed by atoms with Crippen molar-refractivity contribution >= 4 is 33.5 Å². The Morgan fingerprint density at radius 1 is 1.10 bits per heavy atom. The molecular weight excluding hydrogens is 424 g/mol. The summed E-state index contributed by atoms with van der Waals surface area (Å²) in [6, 6.07) is 11.7. The van der Waals surface area contributed by atoms with Gasteiger partial charge in [-0.2, -0.15) is 0 Å². The molecular formula is C21H22N2O7S. The summed E-state index contributed by atoms with van der Waals surface area (Å²) in [6.45, 7) is 1.96. The van der Waals surface area contributed by atoms with Crippen molar-refractivity contribution in [2.75, 3.05) is 24.5 Å². The maximum absolute atomic E-state index is 12.7. The highest BCUT2D eigenvalue weighted by atomic mass is 32.2. The molecule has 0 unspecified atom stereocenters. The van der Waals surface area contributed by atoms with Gasteiger partial charge in [-0.05, 0) is 49.7 Å². The van der Waals surface area contributed by atoms with Crippen molar-refractivity contribution < 1.29 is 32.3 Å². The lowest BCUT2D eigenvalue weighted by molar-refractivity contribution is -0.143. The molecule has 10 heteroatoms. The Bertz CT molecular complexity index is 1080. The molecule has 1 N–H and O–H groups in total. The second kappa shape index (κ2) is 9.61. The van der Waals surface area contributed by atoms with Gasteiger partial charge in [0.25, 0.3) is 15.9 Å². The van der Waals surface area contributed by atoms with Gasteiger partial charge in [0.05, 0.1) is 22.8 Å². The van der Waals surface area contributed by atoms with Crippen LogP contribution in [-0.2, 0) is 24.3 Å². The second-order valence-electron chi connectivity index (χ2n) is 6.67. The molecule has 1 heterocycles. The number of esters is 1. The van der Waals surface area contributed by atoms with Gasteiger partial charge in [-0.25, -0.2) is 13.2 Å². The van der Waals surface area contributed by atoms with Crippen molar-refractivity contribution in [3.8, 4) is 5.75 Å². The van der Waals surface area contributed by atoms with Crippen LogP contribution in [0.3, 0.4) is 0 Å². The molecule has 1 aliphatic rings. The van der Waals surface area contributed by atoms with Gasteiger partial charge >= 0.3 is 5.97 Å². The summed E-state index contributed by atoms with van der Waals surface area (Å²) in [5.41, 5.74) is -0.0522. The fraction of sp³-hybridized carbons (Fsp3) is 0.286. The van der Waals surface area contributed by atoms with Gasteiger partial charge in [0.1, 0.15) is 5.75 Å². The third kappa shape index (κ3) is 5.40. The Morgan fingerprint density at radius 3 is 2.45 bits per heavy atom. The number of anilines is 1. The number of nitrogens with one attached hydrogen (secondary N) is 1. The Kier molecular flexibility index (Phi) is 6.91. The number of sulfonamides is 1. The molecule has 0 aliphatic carbocycles. The lowest BCUT2D eigenvalue weighted by Gasteiger charge is -2.15. The van der Waals surface area contributed by atoms with Gasteiger partial charge in [-0.1, -0.05) is 12.1 Å². The molecule has 3 rings (SSSR count). The zero-order valence-corrected chi connectivity index (χ0v) is 17.7. The first-order valence-electron chi connectivity index (χ1n) is 9.67. The van der Waals surface area contributed by atoms with E-state index in [9.17, 15) is 22.8 Å². The van der Waals surface area contributed by atoms with Crippen molar-refractivity contribution in [3.05, 3.63) is 54.1 Å². The lowest BCUT2D eigenvalue weighted by Crippen LogP contribution is -2.35. The van der Waals surface area contributed by atoms with Crippen LogP contribution in [0.15, 0.2) is 53.4 Å². The van der Waals surface area contributed by atoms with Crippen LogP contribution in [0.4, 0.5) is 5.69 Å². The first-order valence-corrected chi connectivity index (χ1v) is 11.1. The van der Waals surface area contributed by atoms with Gasteiger partial charge in [-0.15, -0.1) is 0 Å². The number of carbonyl (C=O) groups excluding carboxylic acids is 3. The van der Waals surface area contributed by atoms with Crippen molar-refractivity contribution in [1.29, 1.82) is 0 Å². The number of imide groups is 1. The van der Waals surface area contributed by atoms with Crippen LogP contribution in [0.1, 0.15) is 30.1 Å². The SMILES string of the molecule is CCOc1ccc(S(=O)(=O)Nc2ccccc2C(=O)OCC(=O)N2CCCC2=O)cc1. The number of nitrogens with zero attached hydrogens (tertiary/aromatic N) is 1. The molecule has 2 aromatic rings. The van der Waals surface area contributed by atoms with E-state index >= 15 is 0 Å². The number of ether oxygens (including phenoxy) is 2. The van der Waals surface area contributed by atoms with E-state index in [1.54, 1.807) is 6.07 Å². The largest absolute Gasteiger partial charge is 0.494 e. The minimum Gasteiger partial charge on any atom is -0.494 e. The van der Waals surface area contributed by atoms with Gasteiger partial charge in [-0.3, -0.25) is 19.2 Å². The van der Waals surface area contributed by atoms with E-state index in [1.165, 1.54) is 42.5 Å². The summed E-state index contributed by atoms with van der Waals surface area (Å²) in [7, 11) is -3.99. The molecule has 1 aliphatic heterocycles. The summed E-state index contributed by atoms with van der Waals surface area (Å²) in [5.74, 6) is -1.26. The van der Waals surface area contributed by atoms with Crippen LogP contribution in [0.25, 0.3) is 0 Å². The Morgan fingerprint density at radius 2 is 1.81 bits per heavy atom. The predicted octanol–water partition coefficient (Wildman–Crippen LogP) is 2.19. The maximum atomic E-state index is 12.7. The van der Waals surface area contributed by atoms with Crippen LogP contribution in [-0.4, -0.2) is 50.9 Å². The number of benzene rings is 2. The van der Waals surface area contributed by atoms with E-state index in [0.29, 0.717) is 25.3 Å². The average Bonchev–Trinajstić information content (AvgIpc) is 3.18. The molecule has 0 radical (unpaired) electrons. The van der Waals surface area contributed by atoms with E-state index in [1.807, 2.05) is 6.92 Å². The highest BCUT2D eigenvalue weighted by molar-refractivity contribution is 7.92. The van der Waals surface area contributed by atoms with Crippen LogP contribution < -0.4 is 9.46 Å². The number of hydrogen-bond acceptors (Lipinski definition) is 7. The van der Waals surface area contributed by atoms with E-state index in [2.05, 4.69) is 4.72 Å². The first kappa shape index (κ1) is 22.3. The molecule has 1 saturated heterocycles. The molecule has 164 valence electrons. The molecule has 0 bridgehead atoms. The monoisotopic (exact) mass is 446 g/mol. The molecule has 0 aromatic heterocycles. The molecule has 2 aromatic carbocycles. The summed E-state index contributed by atoms with van der Waals surface area (Å²) in [5, 5.41) is 0. The zero-order chi connectivity index (χ0) is 22.4. The number of para-hydroxylation sites is 1. The van der Waals surface area contributed by atoms with Crippen LogP contribution in [0.2, 0.25) is 0 Å².